The second-order valence-electron chi connectivity index (χ2n) is 4.47. The highest BCUT2D eigenvalue weighted by atomic mass is 16.1. The summed E-state index contributed by atoms with van der Waals surface area (Å²) in [5.74, 6) is 0.0362. The van der Waals surface area contributed by atoms with Crippen LogP contribution in [0.5, 0.6) is 0 Å². The van der Waals surface area contributed by atoms with Crippen LogP contribution in [0.15, 0.2) is 29.9 Å². The summed E-state index contributed by atoms with van der Waals surface area (Å²) in [6.45, 7) is 6.31. The van der Waals surface area contributed by atoms with Gasteiger partial charge in [-0.25, -0.2) is 4.98 Å². The number of hydrogen-bond donors (Lipinski definition) is 2. The molecule has 1 aliphatic rings. The first-order valence-electron chi connectivity index (χ1n) is 5.82. The summed E-state index contributed by atoms with van der Waals surface area (Å²) < 4.78 is 1.96. The minimum absolute atomic E-state index is 0.0362. The quantitative estimate of drug-likeness (QED) is 0.737. The molecule has 1 saturated heterocycles. The summed E-state index contributed by atoms with van der Waals surface area (Å²) >= 11 is 0. The SMILES string of the molecule is CC(C(=O)NC(C)Cn1ccnc1)=C1CNC1. The van der Waals surface area contributed by atoms with Crippen molar-refractivity contribution < 1.29 is 4.79 Å². The van der Waals surface area contributed by atoms with Crippen LogP contribution in [0.25, 0.3) is 0 Å². The van der Waals surface area contributed by atoms with Gasteiger partial charge in [0.1, 0.15) is 0 Å². The average Bonchev–Trinajstić information content (AvgIpc) is 2.67. The Bertz CT molecular complexity index is 416. The van der Waals surface area contributed by atoms with Gasteiger partial charge in [0.25, 0.3) is 0 Å². The highest BCUT2D eigenvalue weighted by Gasteiger charge is 2.17. The Labute approximate surface area is 101 Å². The van der Waals surface area contributed by atoms with Gasteiger partial charge in [-0.05, 0) is 19.4 Å². The summed E-state index contributed by atoms with van der Waals surface area (Å²) in [5.41, 5.74) is 2.05. The summed E-state index contributed by atoms with van der Waals surface area (Å²) in [6.07, 6.45) is 5.38. The zero-order valence-corrected chi connectivity index (χ0v) is 10.2. The van der Waals surface area contributed by atoms with Crippen LogP contribution in [0, 0.1) is 0 Å². The molecule has 0 bridgehead atoms. The average molecular weight is 234 g/mol. The molecule has 1 aromatic rings. The van der Waals surface area contributed by atoms with Crippen molar-refractivity contribution in [3.8, 4) is 0 Å². The molecule has 1 aromatic heterocycles. The van der Waals surface area contributed by atoms with E-state index in [0.29, 0.717) is 0 Å². The summed E-state index contributed by atoms with van der Waals surface area (Å²) in [4.78, 5) is 15.9. The molecule has 0 spiro atoms. The monoisotopic (exact) mass is 234 g/mol. The predicted molar refractivity (Wildman–Crippen MR) is 65.4 cm³/mol. The first-order valence-corrected chi connectivity index (χ1v) is 5.82. The maximum absolute atomic E-state index is 11.9. The van der Waals surface area contributed by atoms with Crippen molar-refractivity contribution in [2.75, 3.05) is 13.1 Å². The smallest absolute Gasteiger partial charge is 0.247 e. The number of aromatic nitrogens is 2. The van der Waals surface area contributed by atoms with E-state index in [2.05, 4.69) is 15.6 Å². The minimum Gasteiger partial charge on any atom is -0.348 e. The van der Waals surface area contributed by atoms with Crippen molar-refractivity contribution in [2.45, 2.75) is 26.4 Å². The van der Waals surface area contributed by atoms with Gasteiger partial charge in [0.15, 0.2) is 0 Å². The molecule has 92 valence electrons. The van der Waals surface area contributed by atoms with E-state index >= 15 is 0 Å². The molecule has 0 radical (unpaired) electrons. The first kappa shape index (κ1) is 11.9. The molecular weight excluding hydrogens is 216 g/mol. The Kier molecular flexibility index (Phi) is 3.58. The molecule has 5 nitrogen and oxygen atoms in total. The number of carbonyl (C=O) groups excluding carboxylic acids is 1. The van der Waals surface area contributed by atoms with Crippen LogP contribution in [0.1, 0.15) is 13.8 Å². The van der Waals surface area contributed by atoms with Gasteiger partial charge in [-0.1, -0.05) is 0 Å². The largest absolute Gasteiger partial charge is 0.348 e. The lowest BCUT2D eigenvalue weighted by Crippen LogP contribution is -2.40. The third-order valence-electron chi connectivity index (χ3n) is 2.97. The Balaban J connectivity index is 1.86. The van der Waals surface area contributed by atoms with Crippen LogP contribution >= 0.6 is 0 Å². The second-order valence-corrected chi connectivity index (χ2v) is 4.47. The highest BCUT2D eigenvalue weighted by Crippen LogP contribution is 2.08. The predicted octanol–water partition coefficient (Wildman–Crippen LogP) is 0.307. The fourth-order valence-corrected chi connectivity index (χ4v) is 1.76. The Hall–Kier alpha value is -1.62. The van der Waals surface area contributed by atoms with E-state index in [9.17, 15) is 4.79 Å². The van der Waals surface area contributed by atoms with Gasteiger partial charge in [0, 0.05) is 43.6 Å². The molecule has 2 heterocycles. The Morgan fingerprint density at radius 1 is 1.65 bits per heavy atom. The molecule has 1 amide bonds. The lowest BCUT2D eigenvalue weighted by atomic mass is 10.0. The number of imidazole rings is 1. The van der Waals surface area contributed by atoms with Gasteiger partial charge >= 0.3 is 0 Å². The summed E-state index contributed by atoms with van der Waals surface area (Å²) in [6, 6.07) is 0.0975. The molecule has 17 heavy (non-hydrogen) atoms. The summed E-state index contributed by atoms with van der Waals surface area (Å²) in [7, 11) is 0. The molecule has 1 aliphatic heterocycles. The van der Waals surface area contributed by atoms with Gasteiger partial charge in [0.05, 0.1) is 6.33 Å². The van der Waals surface area contributed by atoms with Gasteiger partial charge in [-0.15, -0.1) is 0 Å². The number of carbonyl (C=O) groups is 1. The molecule has 0 aromatic carbocycles. The fourth-order valence-electron chi connectivity index (χ4n) is 1.76. The van der Waals surface area contributed by atoms with Gasteiger partial charge in [-0.3, -0.25) is 4.79 Å². The normalized spacial score (nSPS) is 16.2. The molecule has 2 N–H and O–H groups in total. The summed E-state index contributed by atoms with van der Waals surface area (Å²) in [5, 5.41) is 6.13. The zero-order valence-electron chi connectivity index (χ0n) is 10.2. The Morgan fingerprint density at radius 2 is 2.41 bits per heavy atom. The van der Waals surface area contributed by atoms with Gasteiger partial charge in [-0.2, -0.15) is 0 Å². The minimum atomic E-state index is 0.0362. The maximum atomic E-state index is 11.9. The van der Waals surface area contributed by atoms with Gasteiger partial charge < -0.3 is 15.2 Å². The van der Waals surface area contributed by atoms with Crippen molar-refractivity contribution in [1.82, 2.24) is 20.2 Å². The maximum Gasteiger partial charge on any atom is 0.247 e. The van der Waals surface area contributed by atoms with Crippen LogP contribution in [0.3, 0.4) is 0 Å². The third kappa shape index (κ3) is 2.94. The number of amides is 1. The van der Waals surface area contributed by atoms with Crippen LogP contribution in [0.4, 0.5) is 0 Å². The highest BCUT2D eigenvalue weighted by molar-refractivity contribution is 5.94. The fraction of sp³-hybridized carbons (Fsp3) is 0.500. The van der Waals surface area contributed by atoms with Crippen LogP contribution in [0.2, 0.25) is 0 Å². The number of rotatable bonds is 4. The van der Waals surface area contributed by atoms with Crippen LogP contribution in [-0.4, -0.2) is 34.6 Å². The first-order chi connectivity index (χ1) is 8.16. The van der Waals surface area contributed by atoms with E-state index in [1.54, 1.807) is 12.5 Å². The number of nitrogens with one attached hydrogen (secondary N) is 2. The standard InChI is InChI=1S/C12H18N4O/c1-9(7-16-4-3-13-8-16)15-12(17)10(2)11-5-14-6-11/h3-4,8-9,14H,5-7H2,1-2H3,(H,15,17). The van der Waals surface area contributed by atoms with E-state index in [4.69, 9.17) is 0 Å². The van der Waals surface area contributed by atoms with Gasteiger partial charge in [0.2, 0.25) is 5.91 Å². The van der Waals surface area contributed by atoms with E-state index in [0.717, 1.165) is 25.2 Å². The van der Waals surface area contributed by atoms with Crippen molar-refractivity contribution >= 4 is 5.91 Å². The van der Waals surface area contributed by atoms with Crippen molar-refractivity contribution in [3.05, 3.63) is 29.9 Å². The zero-order chi connectivity index (χ0) is 12.3. The van der Waals surface area contributed by atoms with Crippen molar-refractivity contribution in [3.63, 3.8) is 0 Å². The van der Waals surface area contributed by atoms with Crippen molar-refractivity contribution in [1.29, 1.82) is 0 Å². The molecule has 1 atom stereocenters. The lowest BCUT2D eigenvalue weighted by molar-refractivity contribution is -0.118. The Morgan fingerprint density at radius 3 is 2.94 bits per heavy atom. The molecule has 0 aliphatic carbocycles. The van der Waals surface area contributed by atoms with E-state index in [1.807, 2.05) is 24.6 Å². The van der Waals surface area contributed by atoms with Crippen LogP contribution < -0.4 is 10.6 Å². The van der Waals surface area contributed by atoms with Crippen LogP contribution in [-0.2, 0) is 11.3 Å². The van der Waals surface area contributed by atoms with E-state index in [1.165, 1.54) is 5.57 Å². The van der Waals surface area contributed by atoms with E-state index < -0.39 is 0 Å². The molecule has 0 saturated carbocycles. The molecular formula is C12H18N4O. The number of hydrogen-bond acceptors (Lipinski definition) is 3. The molecule has 5 heteroatoms. The molecule has 1 fully saturated rings. The van der Waals surface area contributed by atoms with Crippen molar-refractivity contribution in [2.24, 2.45) is 0 Å². The molecule has 1 unspecified atom stereocenters. The molecule has 2 rings (SSSR count). The van der Waals surface area contributed by atoms with E-state index in [-0.39, 0.29) is 11.9 Å². The topological polar surface area (TPSA) is 59.0 Å². The lowest BCUT2D eigenvalue weighted by Gasteiger charge is -2.22. The third-order valence-corrected chi connectivity index (χ3v) is 2.97. The second kappa shape index (κ2) is 5.14. The number of nitrogens with zero attached hydrogens (tertiary/aromatic N) is 2.